The van der Waals surface area contributed by atoms with Crippen LogP contribution in [0, 0.1) is 0 Å². The number of carbonyl (C=O) groups excluding carboxylic acids is 1. The molecule has 152 valence electrons. The van der Waals surface area contributed by atoms with E-state index < -0.39 is 34.2 Å². The monoisotopic (exact) mass is 416 g/mol. The van der Waals surface area contributed by atoms with Crippen LogP contribution in [0.1, 0.15) is 0 Å². The van der Waals surface area contributed by atoms with Gasteiger partial charge in [0.2, 0.25) is 16.8 Å². The number of benzene rings is 1. The van der Waals surface area contributed by atoms with Crippen LogP contribution in [-0.4, -0.2) is 58.1 Å². The molecular weight excluding hydrogens is 401 g/mol. The molecule has 27 heavy (non-hydrogen) atoms. The third-order valence-electron chi connectivity index (χ3n) is 2.92. The van der Waals surface area contributed by atoms with Crippen molar-refractivity contribution < 1.29 is 50.5 Å². The maximum atomic E-state index is 12.2. The highest BCUT2D eigenvalue weighted by Gasteiger charge is 2.38. The van der Waals surface area contributed by atoms with E-state index in [-0.39, 0.29) is 18.2 Å². The van der Waals surface area contributed by atoms with Crippen LogP contribution in [0.3, 0.4) is 0 Å². The Labute approximate surface area is 151 Å². The van der Waals surface area contributed by atoms with Crippen LogP contribution in [0.2, 0.25) is 0 Å². The largest absolute Gasteiger partial charge is 0.490 e. The van der Waals surface area contributed by atoms with Crippen molar-refractivity contribution in [2.75, 3.05) is 20.4 Å². The van der Waals surface area contributed by atoms with Gasteiger partial charge in [-0.1, -0.05) is 0 Å². The summed E-state index contributed by atoms with van der Waals surface area (Å²) in [5.41, 5.74) is 5.35. The number of hydrogen-bond acceptors (Lipinski definition) is 8. The molecule has 1 heterocycles. The molecule has 0 aliphatic carbocycles. The number of aliphatic carboxylic acids is 1. The first-order valence-corrected chi connectivity index (χ1v) is 8.40. The van der Waals surface area contributed by atoms with Gasteiger partial charge in [-0.25, -0.2) is 13.2 Å². The number of alkyl halides is 3. The summed E-state index contributed by atoms with van der Waals surface area (Å²) in [4.78, 5) is 20.2. The SMILES string of the molecule is COC(=O)[C@H](CN)NS(=O)(=O)c1ccc2c(c1)OCO2.O=C(O)C(F)(F)F. The summed E-state index contributed by atoms with van der Waals surface area (Å²) >= 11 is 0. The number of carboxylic acids is 1. The number of carboxylic acid groups (broad SMARTS) is 1. The smallest absolute Gasteiger partial charge is 0.475 e. The predicted octanol–water partition coefficient (Wildman–Crippen LogP) is -0.173. The summed E-state index contributed by atoms with van der Waals surface area (Å²) in [5.74, 6) is -2.72. The Hall–Kier alpha value is -2.58. The molecule has 1 atom stereocenters. The number of fused-ring (bicyclic) bond motifs is 1. The van der Waals surface area contributed by atoms with Crippen molar-refractivity contribution in [2.45, 2.75) is 17.1 Å². The molecule has 0 fully saturated rings. The standard InChI is InChI=1S/C11H14N2O6S.C2HF3O2/c1-17-11(14)8(5-12)13-20(15,16)7-2-3-9-10(4-7)19-6-18-9;3-2(4,5)1(6)7/h2-4,8,13H,5-6,12H2,1H3;(H,6,7)/t8-;/m0./s1. The third kappa shape index (κ3) is 6.26. The summed E-state index contributed by atoms with van der Waals surface area (Å²) < 4.78 is 72.9. The third-order valence-corrected chi connectivity index (χ3v) is 4.39. The zero-order chi connectivity index (χ0) is 20.8. The second kappa shape index (κ2) is 8.88. The number of esters is 1. The Balaban J connectivity index is 0.000000445. The van der Waals surface area contributed by atoms with E-state index in [1.807, 2.05) is 0 Å². The number of sulfonamides is 1. The van der Waals surface area contributed by atoms with Gasteiger partial charge in [0.05, 0.1) is 12.0 Å². The van der Waals surface area contributed by atoms with Gasteiger partial charge < -0.3 is 25.1 Å². The van der Waals surface area contributed by atoms with E-state index >= 15 is 0 Å². The molecule has 0 amide bonds. The summed E-state index contributed by atoms with van der Waals surface area (Å²) in [6, 6.07) is 3.00. The second-order valence-corrected chi connectivity index (χ2v) is 6.46. The van der Waals surface area contributed by atoms with Gasteiger partial charge in [0, 0.05) is 12.6 Å². The van der Waals surface area contributed by atoms with Crippen molar-refractivity contribution in [3.8, 4) is 11.5 Å². The van der Waals surface area contributed by atoms with Crippen LogP contribution >= 0.6 is 0 Å². The summed E-state index contributed by atoms with van der Waals surface area (Å²) in [5, 5.41) is 7.12. The van der Waals surface area contributed by atoms with Crippen molar-refractivity contribution in [2.24, 2.45) is 5.73 Å². The lowest BCUT2D eigenvalue weighted by atomic mass is 10.3. The molecule has 0 unspecified atom stereocenters. The number of rotatable bonds is 5. The number of carbonyl (C=O) groups is 2. The Bertz CT molecular complexity index is 797. The Morgan fingerprint density at radius 1 is 1.33 bits per heavy atom. The average molecular weight is 416 g/mol. The number of methoxy groups -OCH3 is 1. The van der Waals surface area contributed by atoms with E-state index in [4.69, 9.17) is 25.1 Å². The Kier molecular flexibility index (Phi) is 7.38. The maximum Gasteiger partial charge on any atom is 0.490 e. The molecule has 4 N–H and O–H groups in total. The fraction of sp³-hybridized carbons (Fsp3) is 0.385. The molecule has 0 spiro atoms. The molecule has 0 aromatic heterocycles. The van der Waals surface area contributed by atoms with Gasteiger partial charge >= 0.3 is 18.1 Å². The van der Waals surface area contributed by atoms with Gasteiger partial charge in [0.25, 0.3) is 0 Å². The minimum atomic E-state index is -5.08. The zero-order valence-corrected chi connectivity index (χ0v) is 14.5. The van der Waals surface area contributed by atoms with Gasteiger partial charge in [-0.15, -0.1) is 0 Å². The van der Waals surface area contributed by atoms with E-state index in [2.05, 4.69) is 9.46 Å². The average Bonchev–Trinajstić information content (AvgIpc) is 3.06. The zero-order valence-electron chi connectivity index (χ0n) is 13.6. The molecule has 1 aliphatic heterocycles. The highest BCUT2D eigenvalue weighted by molar-refractivity contribution is 7.89. The maximum absolute atomic E-state index is 12.2. The first-order valence-electron chi connectivity index (χ1n) is 6.92. The lowest BCUT2D eigenvalue weighted by molar-refractivity contribution is -0.192. The van der Waals surface area contributed by atoms with Gasteiger partial charge in [-0.3, -0.25) is 4.79 Å². The van der Waals surface area contributed by atoms with Crippen molar-refractivity contribution in [3.63, 3.8) is 0 Å². The second-order valence-electron chi connectivity index (χ2n) is 4.75. The minimum Gasteiger partial charge on any atom is -0.475 e. The van der Waals surface area contributed by atoms with Gasteiger partial charge in [0.1, 0.15) is 6.04 Å². The van der Waals surface area contributed by atoms with Crippen molar-refractivity contribution in [1.29, 1.82) is 0 Å². The normalized spacial score (nSPS) is 14.0. The molecule has 0 saturated carbocycles. The van der Waals surface area contributed by atoms with Crippen LogP contribution < -0.4 is 19.9 Å². The molecule has 1 aliphatic rings. The highest BCUT2D eigenvalue weighted by Crippen LogP contribution is 2.33. The molecule has 0 saturated heterocycles. The van der Waals surface area contributed by atoms with E-state index in [1.165, 1.54) is 18.2 Å². The molecule has 0 bridgehead atoms. The van der Waals surface area contributed by atoms with E-state index in [1.54, 1.807) is 0 Å². The van der Waals surface area contributed by atoms with Crippen molar-refractivity contribution in [1.82, 2.24) is 4.72 Å². The fourth-order valence-corrected chi connectivity index (χ4v) is 2.85. The van der Waals surface area contributed by atoms with E-state index in [0.29, 0.717) is 11.5 Å². The minimum absolute atomic E-state index is 0.0415. The lowest BCUT2D eigenvalue weighted by Crippen LogP contribution is -2.46. The van der Waals surface area contributed by atoms with E-state index in [9.17, 15) is 26.4 Å². The van der Waals surface area contributed by atoms with Crippen LogP contribution in [0.25, 0.3) is 0 Å². The number of hydrogen-bond donors (Lipinski definition) is 3. The number of nitrogens with two attached hydrogens (primary N) is 1. The predicted molar refractivity (Wildman–Crippen MR) is 81.4 cm³/mol. The molecule has 14 heteroatoms. The number of nitrogens with one attached hydrogen (secondary N) is 1. The van der Waals surface area contributed by atoms with Crippen LogP contribution in [-0.2, 0) is 24.3 Å². The molecule has 2 rings (SSSR count). The van der Waals surface area contributed by atoms with Crippen LogP contribution in [0.15, 0.2) is 23.1 Å². The van der Waals surface area contributed by atoms with Crippen molar-refractivity contribution in [3.05, 3.63) is 18.2 Å². The first-order chi connectivity index (χ1) is 12.4. The van der Waals surface area contributed by atoms with Gasteiger partial charge in [-0.05, 0) is 12.1 Å². The van der Waals surface area contributed by atoms with Gasteiger partial charge in [-0.2, -0.15) is 17.9 Å². The first kappa shape index (κ1) is 22.5. The molecule has 1 aromatic rings. The molecule has 0 radical (unpaired) electrons. The lowest BCUT2D eigenvalue weighted by Gasteiger charge is -2.14. The van der Waals surface area contributed by atoms with Crippen LogP contribution in [0.4, 0.5) is 13.2 Å². The fourth-order valence-electron chi connectivity index (χ4n) is 1.63. The van der Waals surface area contributed by atoms with Crippen molar-refractivity contribution >= 4 is 22.0 Å². The summed E-state index contributed by atoms with van der Waals surface area (Å²) in [7, 11) is -2.76. The quantitative estimate of drug-likeness (QED) is 0.555. The topological polar surface area (TPSA) is 154 Å². The molecule has 1 aromatic carbocycles. The Morgan fingerprint density at radius 3 is 2.37 bits per heavy atom. The van der Waals surface area contributed by atoms with Gasteiger partial charge in [0.15, 0.2) is 11.5 Å². The molecule has 10 nitrogen and oxygen atoms in total. The van der Waals surface area contributed by atoms with E-state index in [0.717, 1.165) is 7.11 Å². The highest BCUT2D eigenvalue weighted by atomic mass is 32.2. The Morgan fingerprint density at radius 2 is 1.89 bits per heavy atom. The van der Waals surface area contributed by atoms with Crippen LogP contribution in [0.5, 0.6) is 11.5 Å². The summed E-state index contributed by atoms with van der Waals surface area (Å²) in [6.07, 6.45) is -5.08. The number of halogens is 3. The number of ether oxygens (including phenoxy) is 3. The summed E-state index contributed by atoms with van der Waals surface area (Å²) in [6.45, 7) is -0.170. The molecular formula is C13H15F3N2O8S.